The van der Waals surface area contributed by atoms with Crippen molar-refractivity contribution >= 4 is 29.3 Å². The van der Waals surface area contributed by atoms with E-state index in [9.17, 15) is 38.1 Å². The zero-order chi connectivity index (χ0) is 27.2. The molecule has 188 valence electrons. The van der Waals surface area contributed by atoms with E-state index in [1.165, 1.54) is 55.6 Å². The lowest BCUT2D eigenvalue weighted by Crippen LogP contribution is -2.13. The van der Waals surface area contributed by atoms with Gasteiger partial charge in [0.15, 0.2) is 0 Å². The van der Waals surface area contributed by atoms with Crippen LogP contribution < -0.4 is 10.1 Å². The van der Waals surface area contributed by atoms with Crippen LogP contribution in [-0.2, 0) is 15.7 Å². The van der Waals surface area contributed by atoms with Crippen molar-refractivity contribution in [2.24, 2.45) is 0 Å². The highest BCUT2D eigenvalue weighted by Crippen LogP contribution is 2.38. The van der Waals surface area contributed by atoms with E-state index in [4.69, 9.17) is 4.74 Å². The highest BCUT2D eigenvalue weighted by molar-refractivity contribution is 6.10. The summed E-state index contributed by atoms with van der Waals surface area (Å²) in [5.41, 5.74) is -1.81. The van der Waals surface area contributed by atoms with Crippen molar-refractivity contribution in [1.29, 1.82) is 5.26 Å². The molecule has 0 saturated heterocycles. The van der Waals surface area contributed by atoms with Crippen molar-refractivity contribution in [2.45, 2.75) is 6.18 Å². The average molecular weight is 511 g/mol. The molecule has 0 heterocycles. The van der Waals surface area contributed by atoms with Crippen LogP contribution in [0, 0.1) is 21.4 Å². The van der Waals surface area contributed by atoms with E-state index in [0.717, 1.165) is 12.1 Å². The molecule has 9 nitrogen and oxygen atoms in total. The molecule has 0 aromatic heterocycles. The first-order valence-corrected chi connectivity index (χ1v) is 10.3. The molecule has 0 unspecified atom stereocenters. The van der Waals surface area contributed by atoms with Crippen LogP contribution in [0.1, 0.15) is 21.5 Å². The summed E-state index contributed by atoms with van der Waals surface area (Å²) >= 11 is 0. The molecule has 1 N–H and O–H groups in total. The van der Waals surface area contributed by atoms with Crippen molar-refractivity contribution in [1.82, 2.24) is 0 Å². The summed E-state index contributed by atoms with van der Waals surface area (Å²) in [6.07, 6.45) is -3.64. The zero-order valence-corrected chi connectivity index (χ0v) is 18.9. The molecule has 0 radical (unpaired) electrons. The monoisotopic (exact) mass is 511 g/mol. The normalized spacial score (nSPS) is 11.3. The number of nitro groups is 1. The Bertz CT molecular complexity index is 1430. The van der Waals surface area contributed by atoms with E-state index >= 15 is 0 Å². The third-order valence-corrected chi connectivity index (χ3v) is 4.85. The molecular formula is C25H16F3N3O6. The van der Waals surface area contributed by atoms with Gasteiger partial charge in [0.05, 0.1) is 23.2 Å². The van der Waals surface area contributed by atoms with E-state index in [1.54, 1.807) is 6.07 Å². The lowest BCUT2D eigenvalue weighted by molar-refractivity contribution is -0.385. The van der Waals surface area contributed by atoms with E-state index in [0.29, 0.717) is 12.1 Å². The second-order valence-electron chi connectivity index (χ2n) is 7.27. The van der Waals surface area contributed by atoms with Gasteiger partial charge in [0.1, 0.15) is 17.4 Å². The van der Waals surface area contributed by atoms with Crippen LogP contribution in [0.15, 0.2) is 72.3 Å². The summed E-state index contributed by atoms with van der Waals surface area (Å²) in [5, 5.41) is 23.4. The first-order chi connectivity index (χ1) is 17.5. The van der Waals surface area contributed by atoms with Crippen LogP contribution in [0.5, 0.6) is 11.5 Å². The number of benzene rings is 3. The number of anilines is 1. The summed E-state index contributed by atoms with van der Waals surface area (Å²) in [6, 6.07) is 15.1. The third-order valence-electron chi connectivity index (χ3n) is 4.85. The van der Waals surface area contributed by atoms with Gasteiger partial charge >= 0.3 is 17.8 Å². The summed E-state index contributed by atoms with van der Waals surface area (Å²) in [6.45, 7) is 0. The number of amides is 1. The lowest BCUT2D eigenvalue weighted by Gasteiger charge is -2.12. The van der Waals surface area contributed by atoms with E-state index in [-0.39, 0.29) is 28.1 Å². The number of rotatable bonds is 7. The maximum atomic E-state index is 13.0. The molecular weight excluding hydrogens is 495 g/mol. The van der Waals surface area contributed by atoms with Crippen molar-refractivity contribution in [3.8, 4) is 17.6 Å². The van der Waals surface area contributed by atoms with Crippen molar-refractivity contribution < 1.29 is 37.2 Å². The number of halogens is 3. The Kier molecular flexibility index (Phi) is 7.89. The Hall–Kier alpha value is -5.18. The van der Waals surface area contributed by atoms with Gasteiger partial charge in [0, 0.05) is 17.3 Å². The highest BCUT2D eigenvalue weighted by Gasteiger charge is 2.33. The van der Waals surface area contributed by atoms with Gasteiger partial charge in [-0.2, -0.15) is 18.4 Å². The molecule has 0 spiro atoms. The van der Waals surface area contributed by atoms with E-state index in [1.807, 2.05) is 0 Å². The van der Waals surface area contributed by atoms with Crippen molar-refractivity contribution in [3.63, 3.8) is 0 Å². The predicted molar refractivity (Wildman–Crippen MR) is 125 cm³/mol. The minimum absolute atomic E-state index is 0.0478. The number of nitrogens with zero attached hydrogens (tertiary/aromatic N) is 2. The quantitative estimate of drug-likeness (QED) is 0.141. The summed E-state index contributed by atoms with van der Waals surface area (Å²) in [7, 11) is 1.22. The largest absolute Gasteiger partial charge is 0.465 e. The number of methoxy groups -OCH3 is 1. The molecule has 0 aliphatic rings. The molecule has 0 saturated carbocycles. The number of esters is 1. The van der Waals surface area contributed by atoms with Gasteiger partial charge in [0.2, 0.25) is 5.75 Å². The molecule has 0 aliphatic carbocycles. The number of alkyl halides is 3. The zero-order valence-electron chi connectivity index (χ0n) is 18.9. The number of hydrogen-bond acceptors (Lipinski definition) is 7. The molecule has 3 rings (SSSR count). The number of nitriles is 1. The Morgan fingerprint density at radius 3 is 2.32 bits per heavy atom. The number of carbonyl (C=O) groups is 2. The fourth-order valence-corrected chi connectivity index (χ4v) is 3.04. The Morgan fingerprint density at radius 1 is 1.05 bits per heavy atom. The Balaban J connectivity index is 1.89. The van der Waals surface area contributed by atoms with Gasteiger partial charge in [-0.15, -0.1) is 0 Å². The second-order valence-corrected chi connectivity index (χ2v) is 7.27. The number of nitro benzene ring substituents is 1. The molecule has 0 fully saturated rings. The van der Waals surface area contributed by atoms with Crippen LogP contribution in [0.3, 0.4) is 0 Å². The van der Waals surface area contributed by atoms with Crippen molar-refractivity contribution in [3.05, 3.63) is 99.1 Å². The Labute approximate surface area is 207 Å². The number of hydrogen-bond donors (Lipinski definition) is 1. The molecule has 0 atom stereocenters. The van der Waals surface area contributed by atoms with Gasteiger partial charge in [-0.3, -0.25) is 14.9 Å². The molecule has 3 aromatic carbocycles. The van der Waals surface area contributed by atoms with Crippen LogP contribution in [0.25, 0.3) is 6.08 Å². The molecule has 1 amide bonds. The van der Waals surface area contributed by atoms with Gasteiger partial charge < -0.3 is 14.8 Å². The third kappa shape index (κ3) is 6.49. The number of nitrogens with one attached hydrogen (secondary N) is 1. The standard InChI is InChI=1S/C25H16F3N3O6/c1-36-24(33)15-6-9-19(10-7-15)30-23(32)17(14-29)12-16-4-2-3-5-21(16)37-22-11-8-18(25(26,27)28)13-20(22)31(34)35/h2-13H,1H3,(H,30,32)/b17-12+. The van der Waals surface area contributed by atoms with Gasteiger partial charge in [-0.25, -0.2) is 4.79 Å². The number of ether oxygens (including phenoxy) is 2. The maximum Gasteiger partial charge on any atom is 0.416 e. The topological polar surface area (TPSA) is 132 Å². The van der Waals surface area contributed by atoms with E-state index in [2.05, 4.69) is 10.1 Å². The van der Waals surface area contributed by atoms with Gasteiger partial charge in [0.25, 0.3) is 5.91 Å². The van der Waals surface area contributed by atoms with Crippen molar-refractivity contribution in [2.75, 3.05) is 12.4 Å². The highest BCUT2D eigenvalue weighted by atomic mass is 19.4. The first kappa shape index (κ1) is 26.4. The SMILES string of the molecule is COC(=O)c1ccc(NC(=O)/C(C#N)=C/c2ccccc2Oc2ccc(C(F)(F)F)cc2[N+](=O)[O-])cc1. The second kappa shape index (κ2) is 11.0. The number of para-hydroxylation sites is 1. The maximum absolute atomic E-state index is 13.0. The van der Waals surface area contributed by atoms with Crippen LogP contribution in [-0.4, -0.2) is 23.9 Å². The molecule has 0 aliphatic heterocycles. The summed E-state index contributed by atoms with van der Waals surface area (Å²) in [4.78, 5) is 34.5. The van der Waals surface area contributed by atoms with E-state index < -0.39 is 40.0 Å². The molecule has 37 heavy (non-hydrogen) atoms. The van der Waals surface area contributed by atoms with Gasteiger partial charge in [-0.1, -0.05) is 18.2 Å². The van der Waals surface area contributed by atoms with Crippen LogP contribution in [0.4, 0.5) is 24.5 Å². The number of carbonyl (C=O) groups excluding carboxylic acids is 2. The molecule has 0 bridgehead atoms. The predicted octanol–water partition coefficient (Wildman–Crippen LogP) is 5.74. The lowest BCUT2D eigenvalue weighted by atomic mass is 10.1. The molecule has 12 heteroatoms. The minimum atomic E-state index is -4.79. The van der Waals surface area contributed by atoms with Gasteiger partial charge in [-0.05, 0) is 48.5 Å². The fourth-order valence-electron chi connectivity index (χ4n) is 3.04. The average Bonchev–Trinajstić information content (AvgIpc) is 2.87. The fraction of sp³-hybridized carbons (Fsp3) is 0.0800. The summed E-state index contributed by atoms with van der Waals surface area (Å²) in [5.74, 6) is -1.88. The van der Waals surface area contributed by atoms with Crippen LogP contribution >= 0.6 is 0 Å². The summed E-state index contributed by atoms with van der Waals surface area (Å²) < 4.78 is 49.1. The first-order valence-electron chi connectivity index (χ1n) is 10.3. The minimum Gasteiger partial charge on any atom is -0.465 e. The Morgan fingerprint density at radius 2 is 1.73 bits per heavy atom. The molecule has 3 aromatic rings. The smallest absolute Gasteiger partial charge is 0.416 e. The van der Waals surface area contributed by atoms with Crippen LogP contribution in [0.2, 0.25) is 0 Å².